The molecule has 0 bridgehead atoms. The van der Waals surface area contributed by atoms with Gasteiger partial charge in [-0.15, -0.1) is 12.4 Å². The van der Waals surface area contributed by atoms with Crippen LogP contribution in [0.1, 0.15) is 10.4 Å². The highest BCUT2D eigenvalue weighted by molar-refractivity contribution is 6.11. The SMILES string of the molecule is COC(=O)C(N)C(=O)c1ccc([N+](=O)[O-])cc1.Cl. The number of halogens is 1. The van der Waals surface area contributed by atoms with Crippen LogP contribution in [0.15, 0.2) is 24.3 Å². The highest BCUT2D eigenvalue weighted by atomic mass is 35.5. The highest BCUT2D eigenvalue weighted by Gasteiger charge is 2.24. The van der Waals surface area contributed by atoms with Crippen molar-refractivity contribution in [3.8, 4) is 0 Å². The Bertz CT molecular complexity index is 460. The number of benzene rings is 1. The number of nitro groups is 1. The molecule has 18 heavy (non-hydrogen) atoms. The van der Waals surface area contributed by atoms with Crippen LogP contribution in [0.2, 0.25) is 0 Å². The number of hydrogen-bond acceptors (Lipinski definition) is 6. The van der Waals surface area contributed by atoms with Crippen LogP contribution in [-0.4, -0.2) is 29.8 Å². The van der Waals surface area contributed by atoms with E-state index in [4.69, 9.17) is 5.73 Å². The molecule has 0 aromatic heterocycles. The van der Waals surface area contributed by atoms with Crippen LogP contribution in [0.3, 0.4) is 0 Å². The molecule has 7 nitrogen and oxygen atoms in total. The van der Waals surface area contributed by atoms with E-state index in [1.165, 1.54) is 12.1 Å². The molecule has 0 saturated heterocycles. The van der Waals surface area contributed by atoms with E-state index in [-0.39, 0.29) is 23.7 Å². The number of esters is 1. The maximum atomic E-state index is 11.6. The molecule has 0 aliphatic rings. The van der Waals surface area contributed by atoms with E-state index < -0.39 is 22.7 Å². The quantitative estimate of drug-likeness (QED) is 0.284. The third kappa shape index (κ3) is 3.51. The average molecular weight is 275 g/mol. The Balaban J connectivity index is 0.00000289. The second-order valence-corrected chi connectivity index (χ2v) is 3.17. The number of carbonyl (C=O) groups excluding carboxylic acids is 2. The van der Waals surface area contributed by atoms with Crippen LogP contribution in [0.5, 0.6) is 0 Å². The molecule has 8 heteroatoms. The van der Waals surface area contributed by atoms with Crippen molar-refractivity contribution >= 4 is 29.8 Å². The number of ketones is 1. The molecule has 0 saturated carbocycles. The summed E-state index contributed by atoms with van der Waals surface area (Å²) in [5, 5.41) is 10.4. The lowest BCUT2D eigenvalue weighted by atomic mass is 10.0. The highest BCUT2D eigenvalue weighted by Crippen LogP contribution is 2.13. The van der Waals surface area contributed by atoms with E-state index in [9.17, 15) is 19.7 Å². The molecule has 1 rings (SSSR count). The van der Waals surface area contributed by atoms with Crippen molar-refractivity contribution in [2.45, 2.75) is 6.04 Å². The number of nitrogens with zero attached hydrogens (tertiary/aromatic N) is 1. The fourth-order valence-corrected chi connectivity index (χ4v) is 1.16. The summed E-state index contributed by atoms with van der Waals surface area (Å²) in [6, 6.07) is 3.39. The van der Waals surface area contributed by atoms with Crippen LogP contribution in [0.4, 0.5) is 5.69 Å². The van der Waals surface area contributed by atoms with Crippen molar-refractivity contribution in [3.05, 3.63) is 39.9 Å². The molecule has 1 aromatic carbocycles. The Morgan fingerprint density at radius 1 is 1.33 bits per heavy atom. The monoisotopic (exact) mass is 274 g/mol. The van der Waals surface area contributed by atoms with E-state index in [0.29, 0.717) is 0 Å². The molecule has 0 radical (unpaired) electrons. The third-order valence-electron chi connectivity index (χ3n) is 2.10. The zero-order valence-electron chi connectivity index (χ0n) is 9.36. The van der Waals surface area contributed by atoms with Gasteiger partial charge in [0.05, 0.1) is 12.0 Å². The first kappa shape index (κ1) is 16.0. The molecule has 0 aliphatic heterocycles. The largest absolute Gasteiger partial charge is 0.468 e. The first-order chi connectivity index (χ1) is 7.97. The topological polar surface area (TPSA) is 113 Å². The summed E-state index contributed by atoms with van der Waals surface area (Å²) in [6.07, 6.45) is 0. The smallest absolute Gasteiger partial charge is 0.330 e. The van der Waals surface area contributed by atoms with Gasteiger partial charge in [0, 0.05) is 17.7 Å². The molecule has 0 heterocycles. The predicted molar refractivity (Wildman–Crippen MR) is 64.7 cm³/mol. The molecule has 0 amide bonds. The van der Waals surface area contributed by atoms with Crippen LogP contribution in [0, 0.1) is 10.1 Å². The van der Waals surface area contributed by atoms with E-state index in [1.54, 1.807) is 0 Å². The maximum Gasteiger partial charge on any atom is 0.330 e. The first-order valence-electron chi connectivity index (χ1n) is 4.59. The van der Waals surface area contributed by atoms with Gasteiger partial charge < -0.3 is 10.5 Å². The van der Waals surface area contributed by atoms with Crippen LogP contribution < -0.4 is 5.73 Å². The zero-order valence-corrected chi connectivity index (χ0v) is 10.2. The summed E-state index contributed by atoms with van der Waals surface area (Å²) < 4.78 is 4.32. The Labute approximate surface area is 108 Å². The Morgan fingerprint density at radius 2 is 1.83 bits per heavy atom. The number of methoxy groups -OCH3 is 1. The second kappa shape index (κ2) is 6.67. The predicted octanol–water partition coefficient (Wildman–Crippen LogP) is 0.700. The number of ether oxygens (including phenoxy) is 1. The van der Waals surface area contributed by atoms with Gasteiger partial charge in [0.1, 0.15) is 0 Å². The van der Waals surface area contributed by atoms with Crippen molar-refractivity contribution < 1.29 is 19.2 Å². The molecule has 98 valence electrons. The van der Waals surface area contributed by atoms with Crippen molar-refractivity contribution in [1.29, 1.82) is 0 Å². The number of rotatable bonds is 4. The number of Topliss-reactive ketones (excluding diaryl/α,β-unsaturated/α-hetero) is 1. The fourth-order valence-electron chi connectivity index (χ4n) is 1.16. The summed E-state index contributed by atoms with van der Waals surface area (Å²) in [6.45, 7) is 0. The van der Waals surface area contributed by atoms with Crippen molar-refractivity contribution in [1.82, 2.24) is 0 Å². The molecule has 2 N–H and O–H groups in total. The Hall–Kier alpha value is -1.99. The number of hydrogen-bond donors (Lipinski definition) is 1. The fraction of sp³-hybridized carbons (Fsp3) is 0.200. The Kier molecular flexibility index (Phi) is 5.94. The number of non-ortho nitro benzene ring substituents is 1. The van der Waals surface area contributed by atoms with Gasteiger partial charge in [-0.1, -0.05) is 0 Å². The minimum atomic E-state index is -1.42. The van der Waals surface area contributed by atoms with Gasteiger partial charge in [0.2, 0.25) is 0 Å². The van der Waals surface area contributed by atoms with E-state index in [2.05, 4.69) is 4.74 Å². The maximum absolute atomic E-state index is 11.6. The standard InChI is InChI=1S/C10H10N2O5.ClH/c1-17-10(14)8(11)9(13)6-2-4-7(5-3-6)12(15)16;/h2-5,8H,11H2,1H3;1H. The van der Waals surface area contributed by atoms with Crippen LogP contribution >= 0.6 is 12.4 Å². The lowest BCUT2D eigenvalue weighted by Gasteiger charge is -2.07. The molecule has 0 aliphatic carbocycles. The van der Waals surface area contributed by atoms with E-state index >= 15 is 0 Å². The molecule has 0 fully saturated rings. The summed E-state index contributed by atoms with van der Waals surface area (Å²) in [4.78, 5) is 32.5. The van der Waals surface area contributed by atoms with Crippen LogP contribution in [0.25, 0.3) is 0 Å². The zero-order chi connectivity index (χ0) is 13.0. The molecule has 1 unspecified atom stereocenters. The summed E-state index contributed by atoms with van der Waals surface area (Å²) in [7, 11) is 1.12. The third-order valence-corrected chi connectivity index (χ3v) is 2.10. The molecular weight excluding hydrogens is 264 g/mol. The van der Waals surface area contributed by atoms with Gasteiger partial charge in [-0.05, 0) is 12.1 Å². The summed E-state index contributed by atoms with van der Waals surface area (Å²) in [5.74, 6) is -1.50. The van der Waals surface area contributed by atoms with Gasteiger partial charge in [0.15, 0.2) is 11.8 Å². The van der Waals surface area contributed by atoms with E-state index in [1.807, 2.05) is 0 Å². The van der Waals surface area contributed by atoms with Crippen molar-refractivity contribution in [3.63, 3.8) is 0 Å². The molecule has 1 aromatic rings. The van der Waals surface area contributed by atoms with Gasteiger partial charge >= 0.3 is 5.97 Å². The van der Waals surface area contributed by atoms with Gasteiger partial charge in [-0.2, -0.15) is 0 Å². The number of nitrogens with two attached hydrogens (primary N) is 1. The van der Waals surface area contributed by atoms with Gasteiger partial charge in [-0.3, -0.25) is 14.9 Å². The summed E-state index contributed by atoms with van der Waals surface area (Å²) in [5.41, 5.74) is 5.32. The second-order valence-electron chi connectivity index (χ2n) is 3.17. The van der Waals surface area contributed by atoms with Crippen molar-refractivity contribution in [2.24, 2.45) is 5.73 Å². The molecule has 1 atom stereocenters. The van der Waals surface area contributed by atoms with E-state index in [0.717, 1.165) is 19.2 Å². The number of carbonyl (C=O) groups is 2. The normalized spacial score (nSPS) is 11.0. The lowest BCUT2D eigenvalue weighted by Crippen LogP contribution is -2.39. The van der Waals surface area contributed by atoms with Crippen molar-refractivity contribution in [2.75, 3.05) is 7.11 Å². The van der Waals surface area contributed by atoms with Gasteiger partial charge in [0.25, 0.3) is 5.69 Å². The molecule has 0 spiro atoms. The number of nitro benzene ring substituents is 1. The van der Waals surface area contributed by atoms with Crippen LogP contribution in [-0.2, 0) is 9.53 Å². The minimum absolute atomic E-state index is 0. The summed E-state index contributed by atoms with van der Waals surface area (Å²) >= 11 is 0. The lowest BCUT2D eigenvalue weighted by molar-refractivity contribution is -0.384. The van der Waals surface area contributed by atoms with Gasteiger partial charge in [-0.25, -0.2) is 4.79 Å². The minimum Gasteiger partial charge on any atom is -0.468 e. The first-order valence-corrected chi connectivity index (χ1v) is 4.59. The average Bonchev–Trinajstić information content (AvgIpc) is 2.36. The molecular formula is C10H11ClN2O5. The Morgan fingerprint density at radius 3 is 2.22 bits per heavy atom.